The Kier molecular flexibility index (Phi) is 5.71. The second-order valence-corrected chi connectivity index (χ2v) is 8.75. The molecule has 0 bridgehead atoms. The molecule has 1 saturated carbocycles. The number of benzene rings is 1. The van der Waals surface area contributed by atoms with Gasteiger partial charge in [-0.1, -0.05) is 36.9 Å². The highest BCUT2D eigenvalue weighted by Gasteiger charge is 2.31. The van der Waals surface area contributed by atoms with E-state index in [1.165, 1.54) is 11.8 Å². The molecule has 1 aromatic carbocycles. The van der Waals surface area contributed by atoms with E-state index in [1.807, 2.05) is 52.7 Å². The van der Waals surface area contributed by atoms with E-state index in [2.05, 4.69) is 24.3 Å². The molecule has 0 radical (unpaired) electrons. The molecule has 3 aromatic rings. The Morgan fingerprint density at radius 3 is 2.69 bits per heavy atom. The van der Waals surface area contributed by atoms with Gasteiger partial charge in [-0.3, -0.25) is 4.79 Å². The van der Waals surface area contributed by atoms with Crippen LogP contribution in [0.15, 0.2) is 47.8 Å². The molecule has 0 aliphatic heterocycles. The zero-order chi connectivity index (χ0) is 20.4. The van der Waals surface area contributed by atoms with Crippen LogP contribution in [-0.4, -0.2) is 35.7 Å². The first kappa shape index (κ1) is 19.7. The van der Waals surface area contributed by atoms with E-state index in [0.717, 1.165) is 36.6 Å². The maximum atomic E-state index is 12.8. The Morgan fingerprint density at radius 2 is 2.00 bits per heavy atom. The van der Waals surface area contributed by atoms with E-state index in [4.69, 9.17) is 10.1 Å². The van der Waals surface area contributed by atoms with Gasteiger partial charge in [0.25, 0.3) is 0 Å². The van der Waals surface area contributed by atoms with Crippen molar-refractivity contribution < 1.29 is 4.79 Å². The topological polar surface area (TPSA) is 77.6 Å². The van der Waals surface area contributed by atoms with Crippen LogP contribution in [-0.2, 0) is 4.79 Å². The van der Waals surface area contributed by atoms with Crippen LogP contribution in [0.4, 0.5) is 5.82 Å². The summed E-state index contributed by atoms with van der Waals surface area (Å²) in [5.41, 5.74) is 1.00. The smallest absolute Gasteiger partial charge is 0.238 e. The van der Waals surface area contributed by atoms with Gasteiger partial charge in [-0.15, -0.1) is 5.10 Å². The lowest BCUT2D eigenvalue weighted by atomic mass is 10.3. The number of hydrogen-bond donors (Lipinski definition) is 1. The maximum Gasteiger partial charge on any atom is 0.238 e. The third kappa shape index (κ3) is 4.37. The van der Waals surface area contributed by atoms with E-state index in [1.54, 1.807) is 6.20 Å². The van der Waals surface area contributed by atoms with Crippen molar-refractivity contribution in [2.75, 3.05) is 5.32 Å². The molecule has 0 spiro atoms. The number of aromatic nitrogens is 5. The van der Waals surface area contributed by atoms with Crippen molar-refractivity contribution in [3.8, 4) is 5.69 Å². The summed E-state index contributed by atoms with van der Waals surface area (Å²) in [7, 11) is 0. The molecule has 1 aliphatic carbocycles. The monoisotopic (exact) mass is 410 g/mol. The Morgan fingerprint density at radius 1 is 1.24 bits per heavy atom. The summed E-state index contributed by atoms with van der Waals surface area (Å²) in [5, 5.41) is 12.3. The van der Waals surface area contributed by atoms with Crippen molar-refractivity contribution in [1.82, 2.24) is 24.5 Å². The summed E-state index contributed by atoms with van der Waals surface area (Å²) in [5.74, 6) is 2.09. The number of para-hydroxylation sites is 1. The van der Waals surface area contributed by atoms with Crippen LogP contribution in [0.3, 0.4) is 0 Å². The lowest BCUT2D eigenvalue weighted by Crippen LogP contribution is -2.25. The third-order valence-electron chi connectivity index (χ3n) is 5.14. The molecule has 1 N–H and O–H groups in total. The minimum atomic E-state index is -0.325. The van der Waals surface area contributed by atoms with Crippen LogP contribution in [0, 0.1) is 0 Å². The lowest BCUT2D eigenvalue weighted by Gasteiger charge is -2.15. The molecule has 2 aromatic heterocycles. The maximum absolute atomic E-state index is 12.8. The molecule has 1 aliphatic rings. The standard InChI is InChI=1S/C21H26N6OS/c1-4-14(2)26-18(12-13-22-26)23-20(28)15(3)29-21-24-19(16-10-11-16)27(25-21)17-8-6-5-7-9-17/h5-9,12-16H,4,10-11H2,1-3H3,(H,23,28)/t14-,15-/m0/s1. The van der Waals surface area contributed by atoms with Gasteiger partial charge in [-0.05, 0) is 45.2 Å². The second-order valence-electron chi connectivity index (χ2n) is 7.44. The SMILES string of the molecule is CC[C@H](C)n1nccc1NC(=O)[C@H](C)Sc1nc(C2CC2)n(-c2ccccc2)n1. The van der Waals surface area contributed by atoms with E-state index >= 15 is 0 Å². The molecule has 1 amide bonds. The van der Waals surface area contributed by atoms with Crippen LogP contribution >= 0.6 is 11.8 Å². The van der Waals surface area contributed by atoms with Gasteiger partial charge in [-0.25, -0.2) is 14.3 Å². The van der Waals surface area contributed by atoms with Gasteiger partial charge in [0.05, 0.1) is 23.2 Å². The van der Waals surface area contributed by atoms with Gasteiger partial charge >= 0.3 is 0 Å². The molecule has 29 heavy (non-hydrogen) atoms. The number of thioether (sulfide) groups is 1. The molecule has 152 valence electrons. The first-order valence-corrected chi connectivity index (χ1v) is 11.0. The number of hydrogen-bond acceptors (Lipinski definition) is 5. The largest absolute Gasteiger partial charge is 0.310 e. The average Bonchev–Trinajstić information content (AvgIpc) is 3.34. The van der Waals surface area contributed by atoms with Crippen LogP contribution in [0.25, 0.3) is 5.69 Å². The first-order valence-electron chi connectivity index (χ1n) is 10.1. The summed E-state index contributed by atoms with van der Waals surface area (Å²) in [4.78, 5) is 17.5. The van der Waals surface area contributed by atoms with E-state index in [-0.39, 0.29) is 17.2 Å². The molecule has 2 atom stereocenters. The van der Waals surface area contributed by atoms with Crippen molar-refractivity contribution in [2.45, 2.75) is 62.4 Å². The van der Waals surface area contributed by atoms with E-state index in [0.29, 0.717) is 11.1 Å². The van der Waals surface area contributed by atoms with Crippen molar-refractivity contribution >= 4 is 23.5 Å². The molecular formula is C21H26N6OS. The highest BCUT2D eigenvalue weighted by molar-refractivity contribution is 8.00. The zero-order valence-electron chi connectivity index (χ0n) is 16.9. The number of nitrogens with zero attached hydrogens (tertiary/aromatic N) is 5. The number of carbonyl (C=O) groups excluding carboxylic acids is 1. The van der Waals surface area contributed by atoms with Gasteiger partial charge in [0, 0.05) is 12.0 Å². The highest BCUT2D eigenvalue weighted by Crippen LogP contribution is 2.40. The fourth-order valence-electron chi connectivity index (χ4n) is 3.10. The number of nitrogens with one attached hydrogen (secondary N) is 1. The minimum Gasteiger partial charge on any atom is -0.310 e. The summed E-state index contributed by atoms with van der Waals surface area (Å²) < 4.78 is 3.77. The Labute approximate surface area is 174 Å². The summed E-state index contributed by atoms with van der Waals surface area (Å²) in [6.07, 6.45) is 4.95. The van der Waals surface area contributed by atoms with Crippen LogP contribution in [0.2, 0.25) is 0 Å². The number of amides is 1. The molecule has 8 heteroatoms. The van der Waals surface area contributed by atoms with Crippen molar-refractivity contribution in [3.05, 3.63) is 48.4 Å². The van der Waals surface area contributed by atoms with Crippen LogP contribution in [0.5, 0.6) is 0 Å². The summed E-state index contributed by atoms with van der Waals surface area (Å²) in [6, 6.07) is 12.1. The van der Waals surface area contributed by atoms with Crippen molar-refractivity contribution in [3.63, 3.8) is 0 Å². The number of anilines is 1. The normalized spacial score (nSPS) is 15.8. The predicted molar refractivity (Wildman–Crippen MR) is 115 cm³/mol. The Balaban J connectivity index is 1.48. The fraction of sp³-hybridized carbons (Fsp3) is 0.429. The molecule has 4 rings (SSSR count). The molecule has 7 nitrogen and oxygen atoms in total. The van der Waals surface area contributed by atoms with Gasteiger partial charge < -0.3 is 5.32 Å². The van der Waals surface area contributed by atoms with Crippen molar-refractivity contribution in [2.24, 2.45) is 0 Å². The van der Waals surface area contributed by atoms with Crippen molar-refractivity contribution in [1.29, 1.82) is 0 Å². The summed E-state index contributed by atoms with van der Waals surface area (Å²) in [6.45, 7) is 6.06. The van der Waals surface area contributed by atoms with Gasteiger partial charge in [0.15, 0.2) is 0 Å². The minimum absolute atomic E-state index is 0.0795. The number of rotatable bonds is 8. The third-order valence-corrected chi connectivity index (χ3v) is 6.09. The van der Waals surface area contributed by atoms with E-state index in [9.17, 15) is 4.79 Å². The molecule has 0 unspecified atom stereocenters. The summed E-state index contributed by atoms with van der Waals surface area (Å²) >= 11 is 1.38. The predicted octanol–water partition coefficient (Wildman–Crippen LogP) is 4.43. The first-order chi connectivity index (χ1) is 14.1. The quantitative estimate of drug-likeness (QED) is 0.556. The lowest BCUT2D eigenvalue weighted by molar-refractivity contribution is -0.115. The molecule has 1 fully saturated rings. The Bertz CT molecular complexity index is 978. The Hall–Kier alpha value is -2.61. The molecule has 2 heterocycles. The van der Waals surface area contributed by atoms with E-state index < -0.39 is 0 Å². The highest BCUT2D eigenvalue weighted by atomic mass is 32.2. The van der Waals surface area contributed by atoms with Crippen LogP contribution < -0.4 is 5.32 Å². The number of carbonyl (C=O) groups is 1. The fourth-order valence-corrected chi connectivity index (χ4v) is 3.85. The zero-order valence-corrected chi connectivity index (χ0v) is 17.8. The molecular weight excluding hydrogens is 384 g/mol. The van der Waals surface area contributed by atoms with Gasteiger partial charge in [-0.2, -0.15) is 5.10 Å². The van der Waals surface area contributed by atoms with Gasteiger partial charge in [0.1, 0.15) is 11.6 Å². The average molecular weight is 411 g/mol. The van der Waals surface area contributed by atoms with Crippen LogP contribution in [0.1, 0.15) is 57.8 Å². The van der Waals surface area contributed by atoms with Gasteiger partial charge in [0.2, 0.25) is 11.1 Å². The molecule has 0 saturated heterocycles. The second kappa shape index (κ2) is 8.41.